The first-order chi connectivity index (χ1) is 11.7. The zero-order chi connectivity index (χ0) is 16.5. The van der Waals surface area contributed by atoms with E-state index in [-0.39, 0.29) is 11.7 Å². The number of hydrogen-bond donors (Lipinski definition) is 1. The molecule has 0 aliphatic heterocycles. The molecule has 0 aliphatic carbocycles. The Morgan fingerprint density at radius 3 is 2.67 bits per heavy atom. The van der Waals surface area contributed by atoms with Crippen LogP contribution in [-0.4, -0.2) is 15.5 Å². The van der Waals surface area contributed by atoms with Gasteiger partial charge in [0.1, 0.15) is 5.82 Å². The molecule has 24 heavy (non-hydrogen) atoms. The minimum atomic E-state index is -0.279. The lowest BCUT2D eigenvalue weighted by Crippen LogP contribution is -2.10. The maximum absolute atomic E-state index is 12.1. The number of carbonyl (C=O) groups excluding carboxylic acids is 1. The van der Waals surface area contributed by atoms with Gasteiger partial charge in [0.15, 0.2) is 5.76 Å². The SMILES string of the molecule is Cc1nc2cc(NC(=O)c3ccco3)ccc2n1-c1ccccc1. The molecule has 2 aromatic carbocycles. The zero-order valence-corrected chi connectivity index (χ0v) is 13.1. The fourth-order valence-electron chi connectivity index (χ4n) is 2.78. The highest BCUT2D eigenvalue weighted by Gasteiger charge is 2.12. The fourth-order valence-corrected chi connectivity index (χ4v) is 2.78. The van der Waals surface area contributed by atoms with Crippen molar-refractivity contribution in [3.63, 3.8) is 0 Å². The number of nitrogens with zero attached hydrogens (tertiary/aromatic N) is 2. The lowest BCUT2D eigenvalue weighted by Gasteiger charge is -2.07. The van der Waals surface area contributed by atoms with Gasteiger partial charge in [0.05, 0.1) is 17.3 Å². The summed E-state index contributed by atoms with van der Waals surface area (Å²) in [5.41, 5.74) is 3.56. The lowest BCUT2D eigenvalue weighted by atomic mass is 10.2. The van der Waals surface area contributed by atoms with Gasteiger partial charge in [0.25, 0.3) is 5.91 Å². The van der Waals surface area contributed by atoms with Gasteiger partial charge in [-0.2, -0.15) is 0 Å². The highest BCUT2D eigenvalue weighted by atomic mass is 16.3. The second-order valence-electron chi connectivity index (χ2n) is 5.46. The molecule has 4 aromatic rings. The first-order valence-corrected chi connectivity index (χ1v) is 7.62. The van der Waals surface area contributed by atoms with Gasteiger partial charge < -0.3 is 9.73 Å². The van der Waals surface area contributed by atoms with E-state index in [1.54, 1.807) is 12.1 Å². The number of rotatable bonds is 3. The Morgan fingerprint density at radius 2 is 1.92 bits per heavy atom. The topological polar surface area (TPSA) is 60.1 Å². The highest BCUT2D eigenvalue weighted by molar-refractivity contribution is 6.03. The van der Waals surface area contributed by atoms with Gasteiger partial charge >= 0.3 is 0 Å². The van der Waals surface area contributed by atoms with Crippen molar-refractivity contribution in [2.24, 2.45) is 0 Å². The molecule has 0 spiro atoms. The summed E-state index contributed by atoms with van der Waals surface area (Å²) in [6, 6.07) is 19.1. The third kappa shape index (κ3) is 2.46. The van der Waals surface area contributed by atoms with E-state index in [0.29, 0.717) is 5.69 Å². The van der Waals surface area contributed by atoms with Gasteiger partial charge in [-0.05, 0) is 49.4 Å². The molecule has 5 nitrogen and oxygen atoms in total. The van der Waals surface area contributed by atoms with E-state index < -0.39 is 0 Å². The van der Waals surface area contributed by atoms with Crippen molar-refractivity contribution in [3.05, 3.63) is 78.5 Å². The second kappa shape index (κ2) is 5.70. The number of aromatic nitrogens is 2. The van der Waals surface area contributed by atoms with Gasteiger partial charge in [-0.15, -0.1) is 0 Å². The van der Waals surface area contributed by atoms with Crippen molar-refractivity contribution < 1.29 is 9.21 Å². The summed E-state index contributed by atoms with van der Waals surface area (Å²) in [7, 11) is 0. The maximum atomic E-state index is 12.1. The Kier molecular flexibility index (Phi) is 3.39. The van der Waals surface area contributed by atoms with Crippen LogP contribution in [0, 0.1) is 6.92 Å². The van der Waals surface area contributed by atoms with Gasteiger partial charge in [-0.25, -0.2) is 4.98 Å². The third-order valence-electron chi connectivity index (χ3n) is 3.84. The van der Waals surface area contributed by atoms with Crippen LogP contribution in [0.5, 0.6) is 0 Å². The van der Waals surface area contributed by atoms with Crippen LogP contribution in [0.25, 0.3) is 16.7 Å². The molecule has 0 bridgehead atoms. The number of fused-ring (bicyclic) bond motifs is 1. The van der Waals surface area contributed by atoms with Crippen molar-refractivity contribution in [1.82, 2.24) is 9.55 Å². The number of nitrogens with one attached hydrogen (secondary N) is 1. The highest BCUT2D eigenvalue weighted by Crippen LogP contribution is 2.24. The van der Waals surface area contributed by atoms with Crippen LogP contribution in [0.15, 0.2) is 71.3 Å². The molecule has 2 heterocycles. The molecular formula is C19H15N3O2. The second-order valence-corrected chi connectivity index (χ2v) is 5.46. The number of imidazole rings is 1. The average Bonchev–Trinajstić information content (AvgIpc) is 3.22. The molecule has 0 saturated heterocycles. The van der Waals surface area contributed by atoms with Crippen molar-refractivity contribution in [2.45, 2.75) is 6.92 Å². The number of aryl methyl sites for hydroxylation is 1. The average molecular weight is 317 g/mol. The van der Waals surface area contributed by atoms with Crippen molar-refractivity contribution in [3.8, 4) is 5.69 Å². The zero-order valence-electron chi connectivity index (χ0n) is 13.1. The van der Waals surface area contributed by atoms with E-state index in [4.69, 9.17) is 4.42 Å². The van der Waals surface area contributed by atoms with Crippen LogP contribution < -0.4 is 5.32 Å². The van der Waals surface area contributed by atoms with Crippen LogP contribution in [0.2, 0.25) is 0 Å². The molecule has 1 N–H and O–H groups in total. The van der Waals surface area contributed by atoms with E-state index >= 15 is 0 Å². The molecular weight excluding hydrogens is 302 g/mol. The van der Waals surface area contributed by atoms with Crippen LogP contribution in [0.1, 0.15) is 16.4 Å². The number of benzene rings is 2. The number of carbonyl (C=O) groups is 1. The summed E-state index contributed by atoms with van der Waals surface area (Å²) in [6.45, 7) is 1.97. The molecule has 0 saturated carbocycles. The Morgan fingerprint density at radius 1 is 1.08 bits per heavy atom. The van der Waals surface area contributed by atoms with Gasteiger partial charge in [0, 0.05) is 11.4 Å². The lowest BCUT2D eigenvalue weighted by molar-refractivity contribution is 0.0996. The summed E-state index contributed by atoms with van der Waals surface area (Å²) in [5, 5.41) is 2.82. The van der Waals surface area contributed by atoms with Gasteiger partial charge in [-0.1, -0.05) is 18.2 Å². The minimum absolute atomic E-state index is 0.279. The first-order valence-electron chi connectivity index (χ1n) is 7.62. The summed E-state index contributed by atoms with van der Waals surface area (Å²) in [5.74, 6) is 0.894. The molecule has 0 fully saturated rings. The fraction of sp³-hybridized carbons (Fsp3) is 0.0526. The molecule has 0 aliphatic rings. The quantitative estimate of drug-likeness (QED) is 0.616. The molecule has 4 rings (SSSR count). The molecule has 118 valence electrons. The molecule has 2 aromatic heterocycles. The van der Waals surface area contributed by atoms with E-state index in [1.165, 1.54) is 6.26 Å². The Balaban J connectivity index is 1.71. The summed E-state index contributed by atoms with van der Waals surface area (Å²) >= 11 is 0. The molecule has 5 heteroatoms. The summed E-state index contributed by atoms with van der Waals surface area (Å²) in [6.07, 6.45) is 1.48. The monoisotopic (exact) mass is 317 g/mol. The number of para-hydroxylation sites is 1. The molecule has 0 unspecified atom stereocenters. The van der Waals surface area contributed by atoms with Crippen LogP contribution in [0.3, 0.4) is 0 Å². The van der Waals surface area contributed by atoms with Crippen LogP contribution in [0.4, 0.5) is 5.69 Å². The van der Waals surface area contributed by atoms with Crippen LogP contribution >= 0.6 is 0 Å². The predicted molar refractivity (Wildman–Crippen MR) is 92.5 cm³/mol. The Bertz CT molecular complexity index is 1000. The van der Waals surface area contributed by atoms with E-state index in [1.807, 2.05) is 55.5 Å². The molecule has 1 amide bonds. The van der Waals surface area contributed by atoms with Gasteiger partial charge in [0.2, 0.25) is 0 Å². The van der Waals surface area contributed by atoms with Crippen molar-refractivity contribution in [2.75, 3.05) is 5.32 Å². The smallest absolute Gasteiger partial charge is 0.291 e. The molecule has 0 radical (unpaired) electrons. The Labute approximate surface area is 138 Å². The van der Waals surface area contributed by atoms with Gasteiger partial charge in [-0.3, -0.25) is 9.36 Å². The minimum Gasteiger partial charge on any atom is -0.459 e. The number of anilines is 1. The predicted octanol–water partition coefficient (Wildman–Crippen LogP) is 4.18. The summed E-state index contributed by atoms with van der Waals surface area (Å²) < 4.78 is 7.19. The van der Waals surface area contributed by atoms with Crippen molar-refractivity contribution in [1.29, 1.82) is 0 Å². The van der Waals surface area contributed by atoms with Crippen molar-refractivity contribution >= 4 is 22.6 Å². The Hall–Kier alpha value is -3.34. The largest absolute Gasteiger partial charge is 0.459 e. The summed E-state index contributed by atoms with van der Waals surface area (Å²) in [4.78, 5) is 16.7. The first kappa shape index (κ1) is 14.3. The normalized spacial score (nSPS) is 10.9. The number of hydrogen-bond acceptors (Lipinski definition) is 3. The maximum Gasteiger partial charge on any atom is 0.291 e. The number of amides is 1. The standard InChI is InChI=1S/C19H15N3O2/c1-13-20-16-12-14(21-19(23)18-8-5-11-24-18)9-10-17(16)22(13)15-6-3-2-4-7-15/h2-12H,1H3,(H,21,23). The van der Waals surface area contributed by atoms with E-state index in [0.717, 1.165) is 22.5 Å². The van der Waals surface area contributed by atoms with E-state index in [2.05, 4.69) is 14.9 Å². The third-order valence-corrected chi connectivity index (χ3v) is 3.84. The molecule has 0 atom stereocenters. The number of furan rings is 1. The van der Waals surface area contributed by atoms with E-state index in [9.17, 15) is 4.79 Å². The van der Waals surface area contributed by atoms with Crippen LogP contribution in [-0.2, 0) is 0 Å².